The van der Waals surface area contributed by atoms with Gasteiger partial charge >= 0.3 is 6.03 Å². The molecule has 1 aliphatic rings. The van der Waals surface area contributed by atoms with E-state index in [0.29, 0.717) is 25.2 Å². The van der Waals surface area contributed by atoms with E-state index in [0.717, 1.165) is 25.0 Å². The standard InChI is InChI=1S/C17H23N3O3/c1-2-8-18-17(22)20-11-13-5-3-6-14(10-13)16(21)19-12-15-7-4-9-23-15/h2-3,5-6,10,15H,1,4,7-9,11-12H2,(H,19,21)(H2,18,20,22)/t15-/m0/s1. The summed E-state index contributed by atoms with van der Waals surface area (Å²) in [5, 5.41) is 8.24. The van der Waals surface area contributed by atoms with Crippen molar-refractivity contribution >= 4 is 11.9 Å². The fourth-order valence-corrected chi connectivity index (χ4v) is 2.35. The molecule has 0 saturated carbocycles. The monoisotopic (exact) mass is 317 g/mol. The molecule has 0 spiro atoms. The van der Waals surface area contributed by atoms with Crippen LogP contribution in [0.25, 0.3) is 0 Å². The Hall–Kier alpha value is -2.34. The summed E-state index contributed by atoms with van der Waals surface area (Å²) in [7, 11) is 0. The van der Waals surface area contributed by atoms with E-state index < -0.39 is 0 Å². The highest BCUT2D eigenvalue weighted by Crippen LogP contribution is 2.11. The van der Waals surface area contributed by atoms with Crippen molar-refractivity contribution in [3.8, 4) is 0 Å². The Bertz CT molecular complexity index is 554. The van der Waals surface area contributed by atoms with Gasteiger partial charge in [0.05, 0.1) is 6.10 Å². The van der Waals surface area contributed by atoms with Gasteiger partial charge in [-0.25, -0.2) is 4.79 Å². The highest BCUT2D eigenvalue weighted by molar-refractivity contribution is 5.94. The fraction of sp³-hybridized carbons (Fsp3) is 0.412. The van der Waals surface area contributed by atoms with Crippen molar-refractivity contribution in [2.45, 2.75) is 25.5 Å². The van der Waals surface area contributed by atoms with Crippen LogP contribution in [0, 0.1) is 0 Å². The maximum Gasteiger partial charge on any atom is 0.315 e. The minimum absolute atomic E-state index is 0.123. The Morgan fingerprint density at radius 1 is 1.30 bits per heavy atom. The van der Waals surface area contributed by atoms with Crippen molar-refractivity contribution in [1.29, 1.82) is 0 Å². The Morgan fingerprint density at radius 3 is 2.91 bits per heavy atom. The van der Waals surface area contributed by atoms with Crippen LogP contribution >= 0.6 is 0 Å². The van der Waals surface area contributed by atoms with Crippen molar-refractivity contribution in [1.82, 2.24) is 16.0 Å². The van der Waals surface area contributed by atoms with Gasteiger partial charge in [-0.1, -0.05) is 18.2 Å². The van der Waals surface area contributed by atoms with E-state index >= 15 is 0 Å². The molecule has 1 aliphatic heterocycles. The number of hydrogen-bond acceptors (Lipinski definition) is 3. The van der Waals surface area contributed by atoms with Gasteiger partial charge in [0.1, 0.15) is 0 Å². The van der Waals surface area contributed by atoms with E-state index in [1.165, 1.54) is 0 Å². The highest BCUT2D eigenvalue weighted by atomic mass is 16.5. The van der Waals surface area contributed by atoms with E-state index in [9.17, 15) is 9.59 Å². The summed E-state index contributed by atoms with van der Waals surface area (Å²) in [5.74, 6) is -0.126. The normalized spacial score (nSPS) is 16.6. The summed E-state index contributed by atoms with van der Waals surface area (Å²) in [6, 6.07) is 6.94. The molecule has 0 aliphatic carbocycles. The molecule has 6 heteroatoms. The van der Waals surface area contributed by atoms with Crippen LogP contribution in [0.3, 0.4) is 0 Å². The molecule has 1 atom stereocenters. The van der Waals surface area contributed by atoms with Gasteiger partial charge in [0.2, 0.25) is 0 Å². The molecule has 23 heavy (non-hydrogen) atoms. The highest BCUT2D eigenvalue weighted by Gasteiger charge is 2.16. The quantitative estimate of drug-likeness (QED) is 0.668. The Balaban J connectivity index is 1.81. The Labute approximate surface area is 136 Å². The van der Waals surface area contributed by atoms with Gasteiger partial charge in [0.25, 0.3) is 5.91 Å². The topological polar surface area (TPSA) is 79.5 Å². The molecule has 2 rings (SSSR count). The first kappa shape index (κ1) is 17.0. The van der Waals surface area contributed by atoms with Crippen molar-refractivity contribution in [3.05, 3.63) is 48.0 Å². The van der Waals surface area contributed by atoms with Gasteiger partial charge in [-0.15, -0.1) is 6.58 Å². The van der Waals surface area contributed by atoms with Crippen LogP contribution in [-0.4, -0.2) is 37.7 Å². The molecule has 1 heterocycles. The van der Waals surface area contributed by atoms with Gasteiger partial charge in [-0.05, 0) is 30.5 Å². The van der Waals surface area contributed by atoms with Gasteiger partial charge in [-0.3, -0.25) is 4.79 Å². The maximum absolute atomic E-state index is 12.2. The first-order valence-corrected chi connectivity index (χ1v) is 7.80. The van der Waals surface area contributed by atoms with Crippen LogP contribution in [0.4, 0.5) is 4.79 Å². The molecule has 3 amide bonds. The zero-order valence-electron chi connectivity index (χ0n) is 13.1. The molecule has 0 radical (unpaired) electrons. The molecule has 0 unspecified atom stereocenters. The lowest BCUT2D eigenvalue weighted by Crippen LogP contribution is -2.35. The van der Waals surface area contributed by atoms with Crippen LogP contribution in [0.1, 0.15) is 28.8 Å². The number of nitrogens with one attached hydrogen (secondary N) is 3. The smallest absolute Gasteiger partial charge is 0.315 e. The van der Waals surface area contributed by atoms with Crippen molar-refractivity contribution in [2.24, 2.45) is 0 Å². The summed E-state index contributed by atoms with van der Waals surface area (Å²) in [6.07, 6.45) is 3.77. The van der Waals surface area contributed by atoms with Crippen LogP contribution < -0.4 is 16.0 Å². The average molecular weight is 317 g/mol. The minimum atomic E-state index is -0.266. The number of carbonyl (C=O) groups is 2. The third kappa shape index (κ3) is 5.75. The predicted molar refractivity (Wildman–Crippen MR) is 88.2 cm³/mol. The van der Waals surface area contributed by atoms with E-state index in [1.54, 1.807) is 24.3 Å². The van der Waals surface area contributed by atoms with Crippen molar-refractivity contribution in [3.63, 3.8) is 0 Å². The van der Waals surface area contributed by atoms with Crippen LogP contribution in [0.2, 0.25) is 0 Å². The average Bonchev–Trinajstić information content (AvgIpc) is 3.09. The SMILES string of the molecule is C=CCNC(=O)NCc1cccc(C(=O)NC[C@@H]2CCCO2)c1. The predicted octanol–water partition coefficient (Wildman–Crippen LogP) is 1.58. The summed E-state index contributed by atoms with van der Waals surface area (Å²) in [6.45, 7) is 5.61. The number of rotatable bonds is 7. The number of ether oxygens (including phenoxy) is 1. The summed E-state index contributed by atoms with van der Waals surface area (Å²) in [4.78, 5) is 23.6. The third-order valence-corrected chi connectivity index (χ3v) is 3.56. The number of carbonyl (C=O) groups excluding carboxylic acids is 2. The van der Waals surface area contributed by atoms with Gasteiger partial charge in [0, 0.05) is 31.8 Å². The van der Waals surface area contributed by atoms with Crippen LogP contribution in [0.5, 0.6) is 0 Å². The van der Waals surface area contributed by atoms with Crippen LogP contribution in [0.15, 0.2) is 36.9 Å². The molecular formula is C17H23N3O3. The van der Waals surface area contributed by atoms with Gasteiger partial charge in [0.15, 0.2) is 0 Å². The van der Waals surface area contributed by atoms with Crippen molar-refractivity contribution < 1.29 is 14.3 Å². The maximum atomic E-state index is 12.2. The second-order valence-corrected chi connectivity index (χ2v) is 5.40. The van der Waals surface area contributed by atoms with Gasteiger partial charge in [-0.2, -0.15) is 0 Å². The van der Waals surface area contributed by atoms with E-state index in [-0.39, 0.29) is 18.0 Å². The first-order chi connectivity index (χ1) is 11.2. The largest absolute Gasteiger partial charge is 0.376 e. The first-order valence-electron chi connectivity index (χ1n) is 7.80. The zero-order valence-corrected chi connectivity index (χ0v) is 13.1. The van der Waals surface area contributed by atoms with Gasteiger partial charge < -0.3 is 20.7 Å². The van der Waals surface area contributed by atoms with Crippen molar-refractivity contribution in [2.75, 3.05) is 19.7 Å². The third-order valence-electron chi connectivity index (χ3n) is 3.56. The molecule has 1 fully saturated rings. The van der Waals surface area contributed by atoms with E-state index in [2.05, 4.69) is 22.5 Å². The Morgan fingerprint density at radius 2 is 2.17 bits per heavy atom. The molecular weight excluding hydrogens is 294 g/mol. The molecule has 0 aromatic heterocycles. The second-order valence-electron chi connectivity index (χ2n) is 5.40. The minimum Gasteiger partial charge on any atom is -0.376 e. The summed E-state index contributed by atoms with van der Waals surface area (Å²) < 4.78 is 5.48. The molecule has 6 nitrogen and oxygen atoms in total. The lowest BCUT2D eigenvalue weighted by atomic mass is 10.1. The molecule has 1 aromatic carbocycles. The lowest BCUT2D eigenvalue weighted by molar-refractivity contribution is 0.0857. The lowest BCUT2D eigenvalue weighted by Gasteiger charge is -2.11. The fourth-order valence-electron chi connectivity index (χ4n) is 2.35. The Kier molecular flexibility index (Phi) is 6.62. The molecule has 124 valence electrons. The van der Waals surface area contributed by atoms with E-state index in [4.69, 9.17) is 4.74 Å². The number of hydrogen-bond donors (Lipinski definition) is 3. The summed E-state index contributed by atoms with van der Waals surface area (Å²) in [5.41, 5.74) is 1.44. The zero-order chi connectivity index (χ0) is 16.5. The number of amides is 3. The summed E-state index contributed by atoms with van der Waals surface area (Å²) >= 11 is 0. The number of urea groups is 1. The van der Waals surface area contributed by atoms with Crippen LogP contribution in [-0.2, 0) is 11.3 Å². The molecule has 1 saturated heterocycles. The molecule has 1 aromatic rings. The second kappa shape index (κ2) is 8.95. The number of benzene rings is 1. The molecule has 3 N–H and O–H groups in total. The van der Waals surface area contributed by atoms with E-state index in [1.807, 2.05) is 6.07 Å². The molecule has 0 bridgehead atoms.